The number of piperidine rings is 1. The number of hydrogen-bond donors (Lipinski definition) is 0. The number of amides is 2. The first-order valence-corrected chi connectivity index (χ1v) is 5.95. The van der Waals surface area contributed by atoms with Gasteiger partial charge in [0, 0.05) is 38.7 Å². The van der Waals surface area contributed by atoms with E-state index in [1.165, 1.54) is 9.80 Å². The number of hydrogen-bond acceptors (Lipinski definition) is 1. The van der Waals surface area contributed by atoms with Crippen molar-refractivity contribution in [2.45, 2.75) is 18.8 Å². The van der Waals surface area contributed by atoms with E-state index in [-0.39, 0.29) is 32.0 Å². The van der Waals surface area contributed by atoms with Crippen LogP contribution in [0.1, 0.15) is 12.8 Å². The van der Waals surface area contributed by atoms with Crippen molar-refractivity contribution < 1.29 is 13.6 Å². The van der Waals surface area contributed by atoms with Gasteiger partial charge >= 0.3 is 6.03 Å². The van der Waals surface area contributed by atoms with Crippen molar-refractivity contribution >= 4 is 11.7 Å². The van der Waals surface area contributed by atoms with Crippen LogP contribution in [-0.4, -0.2) is 37.0 Å². The molecule has 0 radical (unpaired) electrons. The largest absolute Gasteiger partial charge is 0.324 e. The standard InChI is InChI=1S/C13H16F2N2O/c1-16(11-5-3-2-4-6-11)12(18)17-9-7-13(14,15)8-10-17/h2-6H,7-10H2,1H3. The second-order valence-electron chi connectivity index (χ2n) is 4.52. The minimum Gasteiger partial charge on any atom is -0.324 e. The van der Waals surface area contributed by atoms with Gasteiger partial charge in [-0.25, -0.2) is 13.6 Å². The molecule has 0 spiro atoms. The predicted octanol–water partition coefficient (Wildman–Crippen LogP) is 2.97. The number of nitrogens with zero attached hydrogens (tertiary/aromatic N) is 2. The van der Waals surface area contributed by atoms with Crippen LogP contribution in [-0.2, 0) is 0 Å². The van der Waals surface area contributed by atoms with Crippen molar-refractivity contribution in [1.29, 1.82) is 0 Å². The maximum Gasteiger partial charge on any atom is 0.324 e. The number of halogens is 2. The topological polar surface area (TPSA) is 23.6 Å². The van der Waals surface area contributed by atoms with E-state index in [1.807, 2.05) is 30.3 Å². The first kappa shape index (κ1) is 12.8. The Morgan fingerprint density at radius 2 is 1.78 bits per heavy atom. The molecule has 1 aromatic carbocycles. The average molecular weight is 254 g/mol. The molecule has 2 rings (SSSR count). The summed E-state index contributed by atoms with van der Waals surface area (Å²) in [5.74, 6) is -2.62. The fraction of sp³-hybridized carbons (Fsp3) is 0.462. The predicted molar refractivity (Wildman–Crippen MR) is 66.0 cm³/mol. The summed E-state index contributed by atoms with van der Waals surface area (Å²) < 4.78 is 26.0. The highest BCUT2D eigenvalue weighted by Crippen LogP contribution is 2.28. The summed E-state index contributed by atoms with van der Waals surface area (Å²) >= 11 is 0. The number of urea groups is 1. The summed E-state index contributed by atoms with van der Waals surface area (Å²) in [6.07, 6.45) is -0.497. The molecule has 98 valence electrons. The van der Waals surface area contributed by atoms with E-state index in [0.717, 1.165) is 5.69 Å². The molecule has 0 N–H and O–H groups in total. The van der Waals surface area contributed by atoms with Gasteiger partial charge in [0.2, 0.25) is 0 Å². The van der Waals surface area contributed by atoms with Crippen molar-refractivity contribution in [2.75, 3.05) is 25.0 Å². The summed E-state index contributed by atoms with van der Waals surface area (Å²) in [6, 6.07) is 8.94. The SMILES string of the molecule is CN(C(=O)N1CCC(F)(F)CC1)c1ccccc1. The van der Waals surface area contributed by atoms with E-state index in [9.17, 15) is 13.6 Å². The van der Waals surface area contributed by atoms with Gasteiger partial charge in [0.1, 0.15) is 0 Å². The molecular weight excluding hydrogens is 238 g/mol. The summed E-state index contributed by atoms with van der Waals surface area (Å²) in [5.41, 5.74) is 0.764. The van der Waals surface area contributed by atoms with Gasteiger partial charge in [-0.15, -0.1) is 0 Å². The number of benzene rings is 1. The summed E-state index contributed by atoms with van der Waals surface area (Å²) in [6.45, 7) is 0.228. The number of anilines is 1. The molecule has 0 aromatic heterocycles. The van der Waals surface area contributed by atoms with Gasteiger partial charge in [-0.1, -0.05) is 18.2 Å². The molecule has 5 heteroatoms. The molecule has 0 unspecified atom stereocenters. The number of likely N-dealkylation sites (tertiary alicyclic amines) is 1. The van der Waals surface area contributed by atoms with Crippen LogP contribution in [0.4, 0.5) is 19.3 Å². The molecule has 18 heavy (non-hydrogen) atoms. The number of rotatable bonds is 1. The average Bonchev–Trinajstić information content (AvgIpc) is 2.38. The molecule has 0 saturated carbocycles. The molecule has 0 bridgehead atoms. The maximum atomic E-state index is 13.0. The van der Waals surface area contributed by atoms with Crippen LogP contribution in [0.25, 0.3) is 0 Å². The van der Waals surface area contributed by atoms with Gasteiger partial charge in [-0.05, 0) is 12.1 Å². The molecule has 0 atom stereocenters. The van der Waals surface area contributed by atoms with E-state index < -0.39 is 5.92 Å². The second kappa shape index (κ2) is 4.92. The molecule has 1 heterocycles. The third-order valence-corrected chi connectivity index (χ3v) is 3.20. The zero-order valence-corrected chi connectivity index (χ0v) is 10.3. The van der Waals surface area contributed by atoms with E-state index >= 15 is 0 Å². The molecule has 0 aliphatic carbocycles. The minimum atomic E-state index is -2.62. The number of carbonyl (C=O) groups excluding carboxylic acids is 1. The lowest BCUT2D eigenvalue weighted by molar-refractivity contribution is -0.0464. The van der Waals surface area contributed by atoms with Crippen LogP contribution in [0, 0.1) is 0 Å². The monoisotopic (exact) mass is 254 g/mol. The van der Waals surface area contributed by atoms with Gasteiger partial charge < -0.3 is 4.90 Å². The van der Waals surface area contributed by atoms with E-state index in [0.29, 0.717) is 0 Å². The highest BCUT2D eigenvalue weighted by atomic mass is 19.3. The molecule has 1 aromatic rings. The lowest BCUT2D eigenvalue weighted by Gasteiger charge is -2.34. The van der Waals surface area contributed by atoms with Crippen molar-refractivity contribution in [1.82, 2.24) is 4.90 Å². The van der Waals surface area contributed by atoms with Crippen LogP contribution in [0.2, 0.25) is 0 Å². The van der Waals surface area contributed by atoms with Gasteiger partial charge in [0.15, 0.2) is 0 Å². The number of carbonyl (C=O) groups is 1. The Morgan fingerprint density at radius 3 is 2.33 bits per heavy atom. The normalized spacial score (nSPS) is 18.5. The highest BCUT2D eigenvalue weighted by molar-refractivity contribution is 5.91. The fourth-order valence-corrected chi connectivity index (χ4v) is 2.00. The second-order valence-corrected chi connectivity index (χ2v) is 4.52. The van der Waals surface area contributed by atoms with Crippen LogP contribution < -0.4 is 4.90 Å². The Kier molecular flexibility index (Phi) is 3.50. The van der Waals surface area contributed by atoms with Crippen molar-refractivity contribution in [3.63, 3.8) is 0 Å². The quantitative estimate of drug-likeness (QED) is 0.755. The van der Waals surface area contributed by atoms with E-state index in [2.05, 4.69) is 0 Å². The lowest BCUT2D eigenvalue weighted by atomic mass is 10.1. The zero-order valence-electron chi connectivity index (χ0n) is 10.3. The Bertz CT molecular complexity index is 412. The Morgan fingerprint density at radius 1 is 1.22 bits per heavy atom. The highest BCUT2D eigenvalue weighted by Gasteiger charge is 2.36. The zero-order chi connectivity index (χ0) is 13.2. The lowest BCUT2D eigenvalue weighted by Crippen LogP contribution is -2.47. The summed E-state index contributed by atoms with van der Waals surface area (Å²) in [4.78, 5) is 15.1. The third-order valence-electron chi connectivity index (χ3n) is 3.20. The minimum absolute atomic E-state index is 0.114. The fourth-order valence-electron chi connectivity index (χ4n) is 2.00. The van der Waals surface area contributed by atoms with Gasteiger partial charge in [-0.2, -0.15) is 0 Å². The van der Waals surface area contributed by atoms with Crippen LogP contribution in [0.15, 0.2) is 30.3 Å². The molecule has 1 saturated heterocycles. The number of alkyl halides is 2. The molecule has 2 amide bonds. The molecular formula is C13H16F2N2O. The molecule has 3 nitrogen and oxygen atoms in total. The summed E-state index contributed by atoms with van der Waals surface area (Å²) in [7, 11) is 1.66. The smallest absolute Gasteiger partial charge is 0.324 e. The van der Waals surface area contributed by atoms with Crippen molar-refractivity contribution in [2.24, 2.45) is 0 Å². The van der Waals surface area contributed by atoms with Gasteiger partial charge in [-0.3, -0.25) is 4.90 Å². The Balaban J connectivity index is 2.00. The van der Waals surface area contributed by atoms with Gasteiger partial charge in [0.25, 0.3) is 5.92 Å². The van der Waals surface area contributed by atoms with Gasteiger partial charge in [0.05, 0.1) is 0 Å². The molecule has 1 fully saturated rings. The summed E-state index contributed by atoms with van der Waals surface area (Å²) in [5, 5.41) is 0. The van der Waals surface area contributed by atoms with E-state index in [4.69, 9.17) is 0 Å². The Hall–Kier alpha value is -1.65. The van der Waals surface area contributed by atoms with Crippen LogP contribution >= 0.6 is 0 Å². The van der Waals surface area contributed by atoms with Crippen molar-refractivity contribution in [3.05, 3.63) is 30.3 Å². The van der Waals surface area contributed by atoms with Crippen LogP contribution in [0.5, 0.6) is 0 Å². The van der Waals surface area contributed by atoms with Crippen LogP contribution in [0.3, 0.4) is 0 Å². The first-order chi connectivity index (χ1) is 8.49. The number of para-hydroxylation sites is 1. The van der Waals surface area contributed by atoms with Crippen molar-refractivity contribution in [3.8, 4) is 0 Å². The maximum absolute atomic E-state index is 13.0. The Labute approximate surface area is 105 Å². The third kappa shape index (κ3) is 2.78. The van der Waals surface area contributed by atoms with E-state index in [1.54, 1.807) is 7.05 Å². The molecule has 1 aliphatic rings. The molecule has 1 aliphatic heterocycles. The first-order valence-electron chi connectivity index (χ1n) is 5.95.